The molecule has 1 aliphatic rings. The molecular formula is C18H22ClFN2OS. The molecule has 0 spiro atoms. The van der Waals surface area contributed by atoms with Crippen molar-refractivity contribution in [2.45, 2.75) is 25.3 Å². The van der Waals surface area contributed by atoms with Gasteiger partial charge in [0.15, 0.2) is 0 Å². The fourth-order valence-electron chi connectivity index (χ4n) is 3.01. The zero-order valence-electron chi connectivity index (χ0n) is 13.4. The summed E-state index contributed by atoms with van der Waals surface area (Å²) >= 11 is 1.73. The SMILES string of the molecule is Cl.O=C(NCC(c1cccs1)N1CCCCC1)c1ccc(F)cc1. The van der Waals surface area contributed by atoms with Gasteiger partial charge in [-0.25, -0.2) is 4.39 Å². The summed E-state index contributed by atoms with van der Waals surface area (Å²) in [6.45, 7) is 2.74. The van der Waals surface area contributed by atoms with E-state index in [9.17, 15) is 9.18 Å². The Morgan fingerprint density at radius 1 is 1.17 bits per heavy atom. The average Bonchev–Trinajstić information content (AvgIpc) is 3.11. The summed E-state index contributed by atoms with van der Waals surface area (Å²) in [5.74, 6) is -0.477. The zero-order chi connectivity index (χ0) is 16.1. The van der Waals surface area contributed by atoms with Crippen molar-refractivity contribution in [3.05, 3.63) is 58.0 Å². The molecule has 130 valence electrons. The van der Waals surface area contributed by atoms with Crippen LogP contribution in [-0.4, -0.2) is 30.4 Å². The van der Waals surface area contributed by atoms with Gasteiger partial charge in [-0.2, -0.15) is 0 Å². The van der Waals surface area contributed by atoms with Crippen LogP contribution in [0.2, 0.25) is 0 Å². The maximum Gasteiger partial charge on any atom is 0.251 e. The number of hydrogen-bond donors (Lipinski definition) is 1. The highest BCUT2D eigenvalue weighted by Gasteiger charge is 2.23. The van der Waals surface area contributed by atoms with Crippen molar-refractivity contribution >= 4 is 29.7 Å². The topological polar surface area (TPSA) is 32.3 Å². The number of hydrogen-bond acceptors (Lipinski definition) is 3. The molecule has 24 heavy (non-hydrogen) atoms. The van der Waals surface area contributed by atoms with Crippen LogP contribution in [0.25, 0.3) is 0 Å². The fraction of sp³-hybridized carbons (Fsp3) is 0.389. The second-order valence-electron chi connectivity index (χ2n) is 5.84. The van der Waals surface area contributed by atoms with Crippen molar-refractivity contribution in [3.8, 4) is 0 Å². The molecule has 2 heterocycles. The first-order valence-electron chi connectivity index (χ1n) is 8.05. The number of nitrogens with one attached hydrogen (secondary N) is 1. The van der Waals surface area contributed by atoms with E-state index in [1.165, 1.54) is 48.4 Å². The van der Waals surface area contributed by atoms with E-state index >= 15 is 0 Å². The molecule has 0 aliphatic carbocycles. The second kappa shape index (κ2) is 9.16. The molecule has 2 aromatic rings. The lowest BCUT2D eigenvalue weighted by molar-refractivity contribution is 0.0925. The van der Waals surface area contributed by atoms with E-state index in [1.807, 2.05) is 0 Å². The number of thiophene rings is 1. The lowest BCUT2D eigenvalue weighted by Gasteiger charge is -2.34. The second-order valence-corrected chi connectivity index (χ2v) is 6.82. The van der Waals surface area contributed by atoms with Crippen LogP contribution in [0.5, 0.6) is 0 Å². The van der Waals surface area contributed by atoms with Crippen molar-refractivity contribution in [3.63, 3.8) is 0 Å². The number of nitrogens with zero attached hydrogens (tertiary/aromatic N) is 1. The van der Waals surface area contributed by atoms with Gasteiger partial charge in [0.25, 0.3) is 5.91 Å². The monoisotopic (exact) mass is 368 g/mol. The molecule has 1 unspecified atom stereocenters. The van der Waals surface area contributed by atoms with Crippen LogP contribution in [0.15, 0.2) is 41.8 Å². The normalized spacial score (nSPS) is 16.2. The Bertz CT molecular complexity index is 627. The van der Waals surface area contributed by atoms with Gasteiger partial charge >= 0.3 is 0 Å². The summed E-state index contributed by atoms with van der Waals surface area (Å²) in [6.07, 6.45) is 3.72. The van der Waals surface area contributed by atoms with Crippen molar-refractivity contribution in [2.75, 3.05) is 19.6 Å². The first-order valence-corrected chi connectivity index (χ1v) is 8.93. The van der Waals surface area contributed by atoms with Gasteiger partial charge in [0.2, 0.25) is 0 Å². The summed E-state index contributed by atoms with van der Waals surface area (Å²) in [4.78, 5) is 16.0. The average molecular weight is 369 g/mol. The van der Waals surface area contributed by atoms with Gasteiger partial charge in [0.05, 0.1) is 6.04 Å². The minimum absolute atomic E-state index is 0. The standard InChI is InChI=1S/C18H21FN2OS.ClH/c19-15-8-6-14(7-9-15)18(22)20-13-16(17-5-4-12-23-17)21-10-2-1-3-11-21;/h4-9,12,16H,1-3,10-11,13H2,(H,20,22);1H. The predicted octanol–water partition coefficient (Wildman–Crippen LogP) is 4.27. The summed E-state index contributed by atoms with van der Waals surface area (Å²) in [7, 11) is 0. The quantitative estimate of drug-likeness (QED) is 0.854. The zero-order valence-corrected chi connectivity index (χ0v) is 15.0. The predicted molar refractivity (Wildman–Crippen MR) is 98.5 cm³/mol. The lowest BCUT2D eigenvalue weighted by Crippen LogP contribution is -2.40. The van der Waals surface area contributed by atoms with E-state index in [0.717, 1.165) is 13.1 Å². The smallest absolute Gasteiger partial charge is 0.251 e. The molecule has 0 radical (unpaired) electrons. The Balaban J connectivity index is 0.00000208. The number of piperidine rings is 1. The summed E-state index contributed by atoms with van der Waals surface area (Å²) < 4.78 is 13.0. The molecule has 3 nitrogen and oxygen atoms in total. The molecule has 1 atom stereocenters. The molecule has 1 aliphatic heterocycles. The number of carbonyl (C=O) groups is 1. The van der Waals surface area contributed by atoms with Gasteiger partial charge in [-0.15, -0.1) is 23.7 Å². The lowest BCUT2D eigenvalue weighted by atomic mass is 10.1. The van der Waals surface area contributed by atoms with Gasteiger partial charge in [-0.1, -0.05) is 12.5 Å². The van der Waals surface area contributed by atoms with Crippen LogP contribution in [0.4, 0.5) is 4.39 Å². The molecule has 1 aromatic carbocycles. The van der Waals surface area contributed by atoms with Crippen LogP contribution >= 0.6 is 23.7 Å². The van der Waals surface area contributed by atoms with Crippen LogP contribution in [-0.2, 0) is 0 Å². The number of rotatable bonds is 5. The Morgan fingerprint density at radius 2 is 1.88 bits per heavy atom. The fourth-order valence-corrected chi connectivity index (χ4v) is 3.87. The molecule has 3 rings (SSSR count). The highest BCUT2D eigenvalue weighted by atomic mass is 35.5. The summed E-state index contributed by atoms with van der Waals surface area (Å²) in [6, 6.07) is 10.1. The molecular weight excluding hydrogens is 347 g/mol. The number of benzene rings is 1. The number of halogens is 2. The highest BCUT2D eigenvalue weighted by molar-refractivity contribution is 7.10. The van der Waals surface area contributed by atoms with Crippen LogP contribution in [0, 0.1) is 5.82 Å². The Kier molecular flexibility index (Phi) is 7.21. The van der Waals surface area contributed by atoms with Gasteiger partial charge in [-0.05, 0) is 61.6 Å². The minimum atomic E-state index is -0.327. The first-order chi connectivity index (χ1) is 11.2. The molecule has 1 saturated heterocycles. The van der Waals surface area contributed by atoms with Gasteiger partial charge in [-0.3, -0.25) is 9.69 Å². The van der Waals surface area contributed by atoms with Crippen LogP contribution in [0.1, 0.15) is 40.5 Å². The maximum atomic E-state index is 13.0. The van der Waals surface area contributed by atoms with E-state index in [4.69, 9.17) is 0 Å². The van der Waals surface area contributed by atoms with Crippen molar-refractivity contribution in [1.29, 1.82) is 0 Å². The van der Waals surface area contributed by atoms with E-state index in [1.54, 1.807) is 11.3 Å². The van der Waals surface area contributed by atoms with E-state index in [-0.39, 0.29) is 30.2 Å². The molecule has 1 amide bonds. The van der Waals surface area contributed by atoms with Gasteiger partial charge in [0.1, 0.15) is 5.82 Å². The van der Waals surface area contributed by atoms with E-state index in [2.05, 4.69) is 27.7 Å². The third-order valence-corrected chi connectivity index (χ3v) is 5.24. The Labute approximate surface area is 152 Å². The number of carbonyl (C=O) groups excluding carboxylic acids is 1. The van der Waals surface area contributed by atoms with Crippen LogP contribution < -0.4 is 5.32 Å². The van der Waals surface area contributed by atoms with E-state index < -0.39 is 0 Å². The maximum absolute atomic E-state index is 13.0. The molecule has 6 heteroatoms. The van der Waals surface area contributed by atoms with Gasteiger partial charge < -0.3 is 5.32 Å². The Hall–Kier alpha value is -1.43. The Morgan fingerprint density at radius 3 is 2.50 bits per heavy atom. The first kappa shape index (κ1) is 18.9. The van der Waals surface area contributed by atoms with Crippen molar-refractivity contribution in [2.24, 2.45) is 0 Å². The highest BCUT2D eigenvalue weighted by Crippen LogP contribution is 2.27. The minimum Gasteiger partial charge on any atom is -0.350 e. The van der Waals surface area contributed by atoms with Crippen LogP contribution in [0.3, 0.4) is 0 Å². The largest absolute Gasteiger partial charge is 0.350 e. The number of likely N-dealkylation sites (tertiary alicyclic amines) is 1. The summed E-state index contributed by atoms with van der Waals surface area (Å²) in [5, 5.41) is 5.09. The molecule has 0 saturated carbocycles. The number of amides is 1. The van der Waals surface area contributed by atoms with Crippen molar-refractivity contribution in [1.82, 2.24) is 10.2 Å². The molecule has 1 N–H and O–H groups in total. The molecule has 1 fully saturated rings. The molecule has 0 bridgehead atoms. The third-order valence-electron chi connectivity index (χ3n) is 4.27. The van der Waals surface area contributed by atoms with Gasteiger partial charge in [0, 0.05) is 17.0 Å². The third kappa shape index (κ3) is 4.79. The van der Waals surface area contributed by atoms with E-state index in [0.29, 0.717) is 12.1 Å². The summed E-state index contributed by atoms with van der Waals surface area (Å²) in [5.41, 5.74) is 0.495. The molecule has 1 aromatic heterocycles. The van der Waals surface area contributed by atoms with Crippen molar-refractivity contribution < 1.29 is 9.18 Å².